The maximum absolute atomic E-state index is 13.2. The molecule has 4 rings (SSSR count). The third-order valence-electron chi connectivity index (χ3n) is 4.93. The van der Waals surface area contributed by atoms with Crippen LogP contribution < -0.4 is 11.2 Å². The molecule has 1 saturated heterocycles. The highest BCUT2D eigenvalue weighted by Gasteiger charge is 2.28. The molecule has 8 nitrogen and oxygen atoms in total. The molecule has 144 valence electrons. The predicted octanol–water partition coefficient (Wildman–Crippen LogP) is 1.61. The molecule has 1 aromatic carbocycles. The van der Waals surface area contributed by atoms with Crippen LogP contribution in [0.5, 0.6) is 0 Å². The lowest BCUT2D eigenvalue weighted by molar-refractivity contribution is 0.0699. The predicted molar refractivity (Wildman–Crippen MR) is 99.5 cm³/mol. The van der Waals surface area contributed by atoms with Crippen LogP contribution in [0, 0.1) is 5.82 Å². The number of aromatic amines is 3. The van der Waals surface area contributed by atoms with Crippen molar-refractivity contribution in [3.05, 3.63) is 74.6 Å². The highest BCUT2D eigenvalue weighted by Crippen LogP contribution is 2.33. The van der Waals surface area contributed by atoms with Crippen molar-refractivity contribution in [1.82, 2.24) is 25.1 Å². The third kappa shape index (κ3) is 3.51. The van der Waals surface area contributed by atoms with Gasteiger partial charge in [-0.2, -0.15) is 5.10 Å². The first-order valence-electron chi connectivity index (χ1n) is 8.93. The molecule has 0 saturated carbocycles. The molecule has 28 heavy (non-hydrogen) atoms. The second-order valence-electron chi connectivity index (χ2n) is 6.80. The number of halogens is 1. The second-order valence-corrected chi connectivity index (χ2v) is 6.80. The number of amides is 1. The van der Waals surface area contributed by atoms with E-state index in [1.165, 1.54) is 12.1 Å². The van der Waals surface area contributed by atoms with Crippen LogP contribution in [-0.2, 0) is 0 Å². The fourth-order valence-corrected chi connectivity index (χ4v) is 3.62. The molecule has 0 aliphatic carbocycles. The summed E-state index contributed by atoms with van der Waals surface area (Å²) in [5, 5.41) is 7.14. The lowest BCUT2D eigenvalue weighted by Gasteiger charge is -2.32. The number of piperidine rings is 1. The highest BCUT2D eigenvalue weighted by molar-refractivity contribution is 5.92. The minimum atomic E-state index is -0.712. The van der Waals surface area contributed by atoms with E-state index in [1.807, 2.05) is 0 Å². The van der Waals surface area contributed by atoms with Crippen LogP contribution in [0.1, 0.15) is 34.9 Å². The largest absolute Gasteiger partial charge is 0.337 e. The van der Waals surface area contributed by atoms with Crippen LogP contribution in [0.25, 0.3) is 11.1 Å². The van der Waals surface area contributed by atoms with Gasteiger partial charge in [-0.25, -0.2) is 9.18 Å². The van der Waals surface area contributed by atoms with Gasteiger partial charge in [0.15, 0.2) is 0 Å². The van der Waals surface area contributed by atoms with Crippen LogP contribution in [-0.4, -0.2) is 44.1 Å². The molecule has 0 bridgehead atoms. The van der Waals surface area contributed by atoms with Gasteiger partial charge in [0.25, 0.3) is 11.5 Å². The number of hydrogen-bond acceptors (Lipinski definition) is 4. The molecule has 1 fully saturated rings. The van der Waals surface area contributed by atoms with E-state index in [0.717, 1.165) is 35.7 Å². The summed E-state index contributed by atoms with van der Waals surface area (Å²) in [5.41, 5.74) is 1.22. The van der Waals surface area contributed by atoms with E-state index in [4.69, 9.17) is 0 Å². The van der Waals surface area contributed by atoms with Crippen LogP contribution >= 0.6 is 0 Å². The normalized spacial score (nSPS) is 16.9. The van der Waals surface area contributed by atoms with Gasteiger partial charge in [0.2, 0.25) is 0 Å². The number of aromatic nitrogens is 4. The molecule has 1 amide bonds. The number of nitrogens with one attached hydrogen (secondary N) is 3. The summed E-state index contributed by atoms with van der Waals surface area (Å²) < 4.78 is 13.2. The third-order valence-corrected chi connectivity index (χ3v) is 4.93. The zero-order valence-corrected chi connectivity index (χ0v) is 14.9. The van der Waals surface area contributed by atoms with Gasteiger partial charge in [0.05, 0.1) is 6.20 Å². The van der Waals surface area contributed by atoms with Gasteiger partial charge in [-0.05, 0) is 30.5 Å². The van der Waals surface area contributed by atoms with Crippen molar-refractivity contribution in [2.24, 2.45) is 0 Å². The Balaban J connectivity index is 1.59. The Morgan fingerprint density at radius 1 is 1.18 bits per heavy atom. The van der Waals surface area contributed by atoms with E-state index in [1.54, 1.807) is 23.2 Å². The Hall–Kier alpha value is -3.49. The summed E-state index contributed by atoms with van der Waals surface area (Å²) in [4.78, 5) is 41.7. The average molecular weight is 383 g/mol. The van der Waals surface area contributed by atoms with Crippen molar-refractivity contribution in [1.29, 1.82) is 0 Å². The minimum Gasteiger partial charge on any atom is -0.337 e. The number of rotatable bonds is 3. The summed E-state index contributed by atoms with van der Waals surface area (Å²) in [6.45, 7) is 0.953. The number of likely N-dealkylation sites (tertiary alicyclic amines) is 1. The summed E-state index contributed by atoms with van der Waals surface area (Å²) in [6, 6.07) is 7.26. The molecule has 0 spiro atoms. The number of carbonyl (C=O) groups is 1. The maximum atomic E-state index is 13.2. The van der Waals surface area contributed by atoms with Gasteiger partial charge in [-0.3, -0.25) is 19.7 Å². The fourth-order valence-electron chi connectivity index (χ4n) is 3.62. The second kappa shape index (κ2) is 7.26. The number of carbonyl (C=O) groups excluding carboxylic acids is 1. The summed E-state index contributed by atoms with van der Waals surface area (Å²) in [5.74, 6) is -0.695. The Bertz CT molecular complexity index is 1090. The van der Waals surface area contributed by atoms with Crippen molar-refractivity contribution in [3.8, 4) is 11.1 Å². The van der Waals surface area contributed by atoms with Crippen molar-refractivity contribution < 1.29 is 9.18 Å². The molecular weight excluding hydrogens is 365 g/mol. The van der Waals surface area contributed by atoms with Gasteiger partial charge in [-0.1, -0.05) is 12.1 Å². The molecule has 3 aromatic rings. The zero-order chi connectivity index (χ0) is 19.7. The van der Waals surface area contributed by atoms with Crippen molar-refractivity contribution >= 4 is 5.91 Å². The highest BCUT2D eigenvalue weighted by atomic mass is 19.1. The monoisotopic (exact) mass is 383 g/mol. The first-order valence-corrected chi connectivity index (χ1v) is 8.93. The van der Waals surface area contributed by atoms with E-state index in [-0.39, 0.29) is 17.4 Å². The number of nitrogens with zero attached hydrogens (tertiary/aromatic N) is 2. The Kier molecular flexibility index (Phi) is 4.64. The minimum absolute atomic E-state index is 0.00831. The lowest BCUT2D eigenvalue weighted by Crippen LogP contribution is -2.41. The molecule has 3 N–H and O–H groups in total. The molecule has 0 unspecified atom stereocenters. The van der Waals surface area contributed by atoms with Gasteiger partial charge < -0.3 is 9.88 Å². The first kappa shape index (κ1) is 17.9. The molecule has 3 heterocycles. The first-order chi connectivity index (χ1) is 13.5. The summed E-state index contributed by atoms with van der Waals surface area (Å²) in [7, 11) is 0. The summed E-state index contributed by atoms with van der Waals surface area (Å²) >= 11 is 0. The average Bonchev–Trinajstić information content (AvgIpc) is 3.17. The molecule has 0 radical (unpaired) electrons. The van der Waals surface area contributed by atoms with E-state index in [0.29, 0.717) is 13.1 Å². The topological polar surface area (TPSA) is 115 Å². The SMILES string of the molecule is O=C(c1cc(=O)[nH]c(=O)[nH]1)N1CCC[C@H](c2[nH]ncc2-c2ccc(F)cc2)C1. The van der Waals surface area contributed by atoms with E-state index in [2.05, 4.69) is 20.2 Å². The fraction of sp³-hybridized carbons (Fsp3) is 0.263. The lowest BCUT2D eigenvalue weighted by atomic mass is 9.90. The molecule has 9 heteroatoms. The smallest absolute Gasteiger partial charge is 0.326 e. The Labute approximate surface area is 158 Å². The van der Waals surface area contributed by atoms with Crippen LogP contribution in [0.4, 0.5) is 4.39 Å². The van der Waals surface area contributed by atoms with E-state index >= 15 is 0 Å². The van der Waals surface area contributed by atoms with Gasteiger partial charge in [0.1, 0.15) is 11.5 Å². The maximum Gasteiger partial charge on any atom is 0.326 e. The van der Waals surface area contributed by atoms with Crippen LogP contribution in [0.2, 0.25) is 0 Å². The number of H-pyrrole nitrogens is 3. The zero-order valence-electron chi connectivity index (χ0n) is 14.9. The van der Waals surface area contributed by atoms with Crippen molar-refractivity contribution in [2.45, 2.75) is 18.8 Å². The van der Waals surface area contributed by atoms with E-state index < -0.39 is 17.2 Å². The Morgan fingerprint density at radius 3 is 2.71 bits per heavy atom. The molecule has 1 aliphatic heterocycles. The molecule has 1 aliphatic rings. The molecule has 2 aromatic heterocycles. The number of hydrogen-bond donors (Lipinski definition) is 3. The number of benzene rings is 1. The molecule has 1 atom stereocenters. The van der Waals surface area contributed by atoms with Gasteiger partial charge in [0, 0.05) is 36.3 Å². The van der Waals surface area contributed by atoms with Gasteiger partial charge >= 0.3 is 5.69 Å². The van der Waals surface area contributed by atoms with Crippen molar-refractivity contribution in [2.75, 3.05) is 13.1 Å². The molecular formula is C19H18FN5O3. The standard InChI is InChI=1S/C19H18FN5O3/c20-13-5-3-11(4-6-13)14-9-21-24-17(14)12-2-1-7-25(10-12)18(27)15-8-16(26)23-19(28)22-15/h3-6,8-9,12H,1-2,7,10H2,(H,21,24)(H2,22,23,26,28)/t12-/m0/s1. The van der Waals surface area contributed by atoms with Gasteiger partial charge in [-0.15, -0.1) is 0 Å². The Morgan fingerprint density at radius 2 is 1.96 bits per heavy atom. The van der Waals surface area contributed by atoms with E-state index in [9.17, 15) is 18.8 Å². The van der Waals surface area contributed by atoms with Crippen molar-refractivity contribution in [3.63, 3.8) is 0 Å². The van der Waals surface area contributed by atoms with Crippen LogP contribution in [0.3, 0.4) is 0 Å². The van der Waals surface area contributed by atoms with Crippen LogP contribution in [0.15, 0.2) is 46.1 Å². The quantitative estimate of drug-likeness (QED) is 0.637. The summed E-state index contributed by atoms with van der Waals surface area (Å²) in [6.07, 6.45) is 3.31.